The number of rotatable bonds is 4. The van der Waals surface area contributed by atoms with Gasteiger partial charge in [0, 0.05) is 16.6 Å². The Kier molecular flexibility index (Phi) is 3.47. The van der Waals surface area contributed by atoms with Crippen LogP contribution in [0.3, 0.4) is 0 Å². The van der Waals surface area contributed by atoms with E-state index < -0.39 is 5.97 Å². The minimum atomic E-state index is -1.02. The summed E-state index contributed by atoms with van der Waals surface area (Å²) in [7, 11) is 0. The van der Waals surface area contributed by atoms with Gasteiger partial charge in [0.2, 0.25) is 5.91 Å². The second kappa shape index (κ2) is 4.87. The van der Waals surface area contributed by atoms with Crippen LogP contribution in [0.5, 0.6) is 0 Å². The molecule has 5 heteroatoms. The zero-order valence-corrected chi connectivity index (χ0v) is 10.7. The van der Waals surface area contributed by atoms with Crippen LogP contribution in [0.2, 0.25) is 0 Å². The minimum Gasteiger partial charge on any atom is -0.478 e. The van der Waals surface area contributed by atoms with E-state index in [1.807, 2.05) is 0 Å². The van der Waals surface area contributed by atoms with Crippen LogP contribution in [0.25, 0.3) is 0 Å². The molecule has 0 aromatic heterocycles. The van der Waals surface area contributed by atoms with Crippen LogP contribution in [0.15, 0.2) is 22.7 Å². The van der Waals surface area contributed by atoms with E-state index in [1.54, 1.807) is 12.1 Å². The highest BCUT2D eigenvalue weighted by Crippen LogP contribution is 2.32. The van der Waals surface area contributed by atoms with E-state index in [4.69, 9.17) is 5.11 Å². The standard InChI is InChI=1S/C12H12BrNO3/c13-10-4-3-8(6-9(10)12(16)17)14-11(15)5-7-1-2-7/h3-4,6-7H,1-2,5H2,(H,14,15)(H,16,17). The molecule has 2 N–H and O–H groups in total. The molecule has 4 nitrogen and oxygen atoms in total. The molecule has 1 saturated carbocycles. The molecule has 1 aromatic rings. The molecule has 0 saturated heterocycles. The van der Waals surface area contributed by atoms with Crippen molar-refractivity contribution in [2.75, 3.05) is 5.32 Å². The van der Waals surface area contributed by atoms with Crippen molar-refractivity contribution in [2.45, 2.75) is 19.3 Å². The fourth-order valence-electron chi connectivity index (χ4n) is 1.56. The van der Waals surface area contributed by atoms with E-state index in [0.29, 0.717) is 22.5 Å². The van der Waals surface area contributed by atoms with Gasteiger partial charge < -0.3 is 10.4 Å². The van der Waals surface area contributed by atoms with Gasteiger partial charge in [0.1, 0.15) is 0 Å². The van der Waals surface area contributed by atoms with Crippen LogP contribution in [0, 0.1) is 5.92 Å². The van der Waals surface area contributed by atoms with Gasteiger partial charge in [-0.1, -0.05) is 0 Å². The van der Waals surface area contributed by atoms with Crippen LogP contribution >= 0.6 is 15.9 Å². The van der Waals surface area contributed by atoms with Crippen LogP contribution in [0.4, 0.5) is 5.69 Å². The predicted molar refractivity (Wildman–Crippen MR) is 67.1 cm³/mol. The maximum atomic E-state index is 11.6. The number of carbonyl (C=O) groups is 2. The Balaban J connectivity index is 2.07. The lowest BCUT2D eigenvalue weighted by Gasteiger charge is -2.06. The van der Waals surface area contributed by atoms with E-state index in [9.17, 15) is 9.59 Å². The van der Waals surface area contributed by atoms with Crippen molar-refractivity contribution in [1.29, 1.82) is 0 Å². The minimum absolute atomic E-state index is 0.0499. The topological polar surface area (TPSA) is 66.4 Å². The first-order valence-electron chi connectivity index (χ1n) is 5.39. The van der Waals surface area contributed by atoms with Gasteiger partial charge >= 0.3 is 5.97 Å². The number of hydrogen-bond acceptors (Lipinski definition) is 2. The largest absolute Gasteiger partial charge is 0.478 e. The molecule has 1 aliphatic rings. The molecule has 0 unspecified atom stereocenters. The summed E-state index contributed by atoms with van der Waals surface area (Å²) in [4.78, 5) is 22.5. The molecular formula is C12H12BrNO3. The van der Waals surface area contributed by atoms with Gasteiger partial charge in [-0.15, -0.1) is 0 Å². The Morgan fingerprint density at radius 2 is 2.12 bits per heavy atom. The molecule has 0 bridgehead atoms. The van der Waals surface area contributed by atoms with Gasteiger partial charge in [-0.3, -0.25) is 4.79 Å². The third-order valence-electron chi connectivity index (χ3n) is 2.65. The first-order valence-corrected chi connectivity index (χ1v) is 6.18. The maximum Gasteiger partial charge on any atom is 0.336 e. The van der Waals surface area contributed by atoms with E-state index >= 15 is 0 Å². The summed E-state index contributed by atoms with van der Waals surface area (Å²) in [6.45, 7) is 0. The maximum absolute atomic E-state index is 11.6. The molecule has 1 amide bonds. The Morgan fingerprint density at radius 1 is 1.41 bits per heavy atom. The summed E-state index contributed by atoms with van der Waals surface area (Å²) in [5.74, 6) is -0.550. The molecule has 1 aromatic carbocycles. The van der Waals surface area contributed by atoms with E-state index in [2.05, 4.69) is 21.2 Å². The number of carboxylic acid groups (broad SMARTS) is 1. The molecule has 90 valence electrons. The number of halogens is 1. The number of nitrogens with one attached hydrogen (secondary N) is 1. The Morgan fingerprint density at radius 3 is 2.71 bits per heavy atom. The second-order valence-corrected chi connectivity index (χ2v) is 5.05. The van der Waals surface area contributed by atoms with Gasteiger partial charge in [0.15, 0.2) is 0 Å². The highest BCUT2D eigenvalue weighted by atomic mass is 79.9. The number of benzene rings is 1. The fraction of sp³-hybridized carbons (Fsp3) is 0.333. The summed E-state index contributed by atoms with van der Waals surface area (Å²) < 4.78 is 0.505. The molecule has 0 radical (unpaired) electrons. The third-order valence-corrected chi connectivity index (χ3v) is 3.34. The molecule has 2 rings (SSSR count). The number of aromatic carboxylic acids is 1. The molecule has 1 aliphatic carbocycles. The van der Waals surface area contributed by atoms with Crippen molar-refractivity contribution >= 4 is 33.5 Å². The second-order valence-electron chi connectivity index (χ2n) is 4.20. The highest BCUT2D eigenvalue weighted by molar-refractivity contribution is 9.10. The van der Waals surface area contributed by atoms with Crippen LogP contribution in [-0.2, 0) is 4.79 Å². The van der Waals surface area contributed by atoms with Gasteiger partial charge in [0.05, 0.1) is 5.56 Å². The van der Waals surface area contributed by atoms with Crippen molar-refractivity contribution < 1.29 is 14.7 Å². The first kappa shape index (κ1) is 12.1. The Bertz CT molecular complexity index is 469. The van der Waals surface area contributed by atoms with Crippen LogP contribution < -0.4 is 5.32 Å². The van der Waals surface area contributed by atoms with Gasteiger partial charge in [-0.05, 0) is 52.9 Å². The summed E-state index contributed by atoms with van der Waals surface area (Å²) in [5.41, 5.74) is 0.672. The van der Waals surface area contributed by atoms with Crippen LogP contribution in [-0.4, -0.2) is 17.0 Å². The van der Waals surface area contributed by atoms with Crippen molar-refractivity contribution in [3.05, 3.63) is 28.2 Å². The number of carboxylic acids is 1. The zero-order valence-electron chi connectivity index (χ0n) is 9.07. The van der Waals surface area contributed by atoms with Gasteiger partial charge in [-0.2, -0.15) is 0 Å². The molecule has 0 spiro atoms. The Hall–Kier alpha value is -1.36. The zero-order chi connectivity index (χ0) is 12.4. The first-order chi connectivity index (χ1) is 8.06. The molecule has 0 atom stereocenters. The average molecular weight is 298 g/mol. The number of amides is 1. The number of anilines is 1. The number of carbonyl (C=O) groups excluding carboxylic acids is 1. The van der Waals surface area contributed by atoms with Crippen molar-refractivity contribution in [3.63, 3.8) is 0 Å². The third kappa shape index (κ3) is 3.30. The lowest BCUT2D eigenvalue weighted by Crippen LogP contribution is -2.12. The van der Waals surface area contributed by atoms with Crippen molar-refractivity contribution in [2.24, 2.45) is 5.92 Å². The van der Waals surface area contributed by atoms with Crippen molar-refractivity contribution in [3.8, 4) is 0 Å². The lowest BCUT2D eigenvalue weighted by molar-refractivity contribution is -0.116. The molecular weight excluding hydrogens is 286 g/mol. The molecule has 1 fully saturated rings. The summed E-state index contributed by atoms with van der Waals surface area (Å²) >= 11 is 3.15. The predicted octanol–water partition coefficient (Wildman–Crippen LogP) is 2.89. The Labute approximate surface area is 107 Å². The summed E-state index contributed by atoms with van der Waals surface area (Å²) in [6, 6.07) is 4.76. The smallest absolute Gasteiger partial charge is 0.336 e. The van der Waals surface area contributed by atoms with E-state index in [1.165, 1.54) is 6.07 Å². The monoisotopic (exact) mass is 297 g/mol. The van der Waals surface area contributed by atoms with E-state index in [-0.39, 0.29) is 11.5 Å². The SMILES string of the molecule is O=C(CC1CC1)Nc1ccc(Br)c(C(=O)O)c1. The van der Waals surface area contributed by atoms with E-state index in [0.717, 1.165) is 12.8 Å². The highest BCUT2D eigenvalue weighted by Gasteiger charge is 2.24. The lowest BCUT2D eigenvalue weighted by atomic mass is 10.2. The number of hydrogen-bond donors (Lipinski definition) is 2. The molecule has 17 heavy (non-hydrogen) atoms. The fourth-order valence-corrected chi connectivity index (χ4v) is 1.98. The molecule has 0 heterocycles. The quantitative estimate of drug-likeness (QED) is 0.898. The van der Waals surface area contributed by atoms with Gasteiger partial charge in [0.25, 0.3) is 0 Å². The van der Waals surface area contributed by atoms with Gasteiger partial charge in [-0.25, -0.2) is 4.79 Å². The summed E-state index contributed by atoms with van der Waals surface area (Å²) in [5, 5.41) is 11.6. The van der Waals surface area contributed by atoms with Crippen molar-refractivity contribution in [1.82, 2.24) is 0 Å². The van der Waals surface area contributed by atoms with Crippen LogP contribution in [0.1, 0.15) is 29.6 Å². The average Bonchev–Trinajstić information content (AvgIpc) is 3.04. The normalized spacial score (nSPS) is 14.4. The molecule has 0 aliphatic heterocycles. The summed E-state index contributed by atoms with van der Waals surface area (Å²) in [6.07, 6.45) is 2.76.